The third-order valence-electron chi connectivity index (χ3n) is 7.16. The molecule has 3 heterocycles. The average molecular weight is 595 g/mol. The Morgan fingerprint density at radius 1 is 0.786 bits per heavy atom. The van der Waals surface area contributed by atoms with Gasteiger partial charge in [-0.05, 0) is 19.1 Å². The lowest BCUT2D eigenvalue weighted by Gasteiger charge is -2.42. The van der Waals surface area contributed by atoms with Gasteiger partial charge in [0.15, 0.2) is 12.1 Å². The molecule has 0 saturated carbocycles. The van der Waals surface area contributed by atoms with Crippen LogP contribution in [0.3, 0.4) is 0 Å². The van der Waals surface area contributed by atoms with E-state index in [1.165, 1.54) is 31.2 Å². The van der Waals surface area contributed by atoms with Gasteiger partial charge in [0.25, 0.3) is 0 Å². The molecule has 0 amide bonds. The quantitative estimate of drug-likeness (QED) is 0.159. The van der Waals surface area contributed by atoms with Crippen molar-refractivity contribution >= 4 is 11.0 Å². The molecule has 2 aromatic carbocycles. The number of rotatable bonds is 6. The molecule has 0 bridgehead atoms. The summed E-state index contributed by atoms with van der Waals surface area (Å²) in [6.45, 7) is 0.859. The van der Waals surface area contributed by atoms with E-state index in [2.05, 4.69) is 0 Å². The van der Waals surface area contributed by atoms with Crippen molar-refractivity contribution in [1.29, 1.82) is 0 Å². The van der Waals surface area contributed by atoms with Crippen LogP contribution in [0.15, 0.2) is 45.6 Å². The normalized spacial score (nSPS) is 33.5. The summed E-state index contributed by atoms with van der Waals surface area (Å²) < 4.78 is 27.9. The number of aliphatic hydroxyl groups is 6. The van der Waals surface area contributed by atoms with E-state index >= 15 is 0 Å². The van der Waals surface area contributed by atoms with Crippen LogP contribution in [0.5, 0.6) is 23.0 Å². The Bertz CT molecular complexity index is 1490. The number of aromatic hydroxyl groups is 3. The van der Waals surface area contributed by atoms with E-state index in [-0.39, 0.29) is 22.7 Å². The fourth-order valence-electron chi connectivity index (χ4n) is 4.82. The number of fused-ring (bicyclic) bond motifs is 1. The Morgan fingerprint density at radius 3 is 2.19 bits per heavy atom. The molecule has 0 unspecified atom stereocenters. The van der Waals surface area contributed by atoms with E-state index in [4.69, 9.17) is 23.4 Å². The van der Waals surface area contributed by atoms with Crippen LogP contribution in [0.25, 0.3) is 22.3 Å². The Kier molecular flexibility index (Phi) is 8.30. The second-order valence-electron chi connectivity index (χ2n) is 10.1. The van der Waals surface area contributed by atoms with Crippen LogP contribution in [-0.4, -0.2) is 114 Å². The van der Waals surface area contributed by atoms with E-state index in [0.29, 0.717) is 0 Å². The predicted molar refractivity (Wildman–Crippen MR) is 139 cm³/mol. The highest BCUT2D eigenvalue weighted by atomic mass is 16.7. The van der Waals surface area contributed by atoms with Crippen LogP contribution in [0, 0.1) is 0 Å². The van der Waals surface area contributed by atoms with Crippen LogP contribution in [0.2, 0.25) is 0 Å². The first kappa shape index (κ1) is 30.0. The van der Waals surface area contributed by atoms with Gasteiger partial charge in [-0.2, -0.15) is 0 Å². The van der Waals surface area contributed by atoms with E-state index in [0.717, 1.165) is 12.1 Å². The highest BCUT2D eigenvalue weighted by Gasteiger charge is 2.47. The minimum absolute atomic E-state index is 0.121. The number of hydrogen-bond acceptors (Lipinski definition) is 15. The molecule has 2 fully saturated rings. The van der Waals surface area contributed by atoms with E-state index in [9.17, 15) is 50.8 Å². The van der Waals surface area contributed by atoms with Gasteiger partial charge in [0.2, 0.25) is 17.5 Å². The number of phenolic OH excluding ortho intramolecular Hbond substituents is 3. The summed E-state index contributed by atoms with van der Waals surface area (Å²) in [5.74, 6) is -2.17. The van der Waals surface area contributed by atoms with Crippen molar-refractivity contribution in [3.05, 3.63) is 46.6 Å². The molecule has 5 rings (SSSR count). The molecule has 9 N–H and O–H groups in total. The first-order chi connectivity index (χ1) is 19.9. The minimum atomic E-state index is -1.93. The summed E-state index contributed by atoms with van der Waals surface area (Å²) in [7, 11) is 0. The molecule has 15 nitrogen and oxygen atoms in total. The van der Waals surface area contributed by atoms with Gasteiger partial charge in [-0.25, -0.2) is 0 Å². The Labute approximate surface area is 236 Å². The summed E-state index contributed by atoms with van der Waals surface area (Å²) >= 11 is 0. The number of aliphatic hydroxyl groups excluding tert-OH is 6. The molecule has 228 valence electrons. The molecule has 0 spiro atoms. The third kappa shape index (κ3) is 5.49. The van der Waals surface area contributed by atoms with Crippen molar-refractivity contribution in [2.75, 3.05) is 6.61 Å². The molecule has 2 aliphatic heterocycles. The van der Waals surface area contributed by atoms with Crippen LogP contribution in [-0.2, 0) is 14.2 Å². The molecular weight excluding hydrogens is 564 g/mol. The van der Waals surface area contributed by atoms with Gasteiger partial charge >= 0.3 is 0 Å². The zero-order chi connectivity index (χ0) is 30.5. The van der Waals surface area contributed by atoms with Crippen molar-refractivity contribution in [2.24, 2.45) is 0 Å². The summed E-state index contributed by atoms with van der Waals surface area (Å²) in [5.41, 5.74) is -1.07. The third-order valence-corrected chi connectivity index (χ3v) is 7.16. The second kappa shape index (κ2) is 11.6. The fourth-order valence-corrected chi connectivity index (χ4v) is 4.82. The van der Waals surface area contributed by atoms with E-state index in [1.54, 1.807) is 0 Å². The zero-order valence-corrected chi connectivity index (χ0v) is 21.9. The van der Waals surface area contributed by atoms with Crippen molar-refractivity contribution < 1.29 is 69.3 Å². The number of hydrogen-bond donors (Lipinski definition) is 9. The van der Waals surface area contributed by atoms with Gasteiger partial charge < -0.3 is 69.3 Å². The lowest BCUT2D eigenvalue weighted by molar-refractivity contribution is -0.318. The summed E-state index contributed by atoms with van der Waals surface area (Å²) in [5, 5.41) is 91.7. The number of benzene rings is 2. The molecule has 10 atom stereocenters. The molecule has 1 aromatic heterocycles. The molecule has 2 saturated heterocycles. The standard InChI is InChI=1S/C27H30O15/c1-9-17(31)20(34)22(36)26(39-9)38-8-15-18(32)21(35)23(37)27(41-15)42-25-19(33)16-13(30)6-12(29)7-14(16)40-24(25)10-3-2-4-11(28)5-10/h2-7,9,15,17-18,20-23,26-32,34-37H,8H2,1H3/t9-,15+,17+,18-,20-,21+,22-,23-,26+,27+/m1/s1. The Hall–Kier alpha value is -3.51. The van der Waals surface area contributed by atoms with Gasteiger partial charge in [-0.3, -0.25) is 4.79 Å². The first-order valence-electron chi connectivity index (χ1n) is 12.9. The van der Waals surface area contributed by atoms with Crippen molar-refractivity contribution in [1.82, 2.24) is 0 Å². The summed E-state index contributed by atoms with van der Waals surface area (Å²) in [6.07, 6.45) is -15.9. The highest BCUT2D eigenvalue weighted by Crippen LogP contribution is 2.38. The molecule has 0 aliphatic carbocycles. The van der Waals surface area contributed by atoms with E-state index < -0.39 is 96.1 Å². The predicted octanol–water partition coefficient (Wildman–Crippen LogP) is -1.39. The highest BCUT2D eigenvalue weighted by molar-refractivity contribution is 5.88. The maximum absolute atomic E-state index is 13.6. The van der Waals surface area contributed by atoms with Gasteiger partial charge in [-0.15, -0.1) is 0 Å². The van der Waals surface area contributed by atoms with Crippen molar-refractivity contribution in [3.63, 3.8) is 0 Å². The topological polar surface area (TPSA) is 249 Å². The van der Waals surface area contributed by atoms with Crippen LogP contribution in [0.4, 0.5) is 0 Å². The van der Waals surface area contributed by atoms with Gasteiger partial charge in [0.05, 0.1) is 12.7 Å². The van der Waals surface area contributed by atoms with Crippen LogP contribution in [0.1, 0.15) is 6.92 Å². The Balaban J connectivity index is 1.47. The molecule has 2 aliphatic rings. The fraction of sp³-hybridized carbons (Fsp3) is 0.444. The van der Waals surface area contributed by atoms with Gasteiger partial charge in [0.1, 0.15) is 70.9 Å². The minimum Gasteiger partial charge on any atom is -0.508 e. The maximum atomic E-state index is 13.6. The number of ether oxygens (including phenoxy) is 4. The molecule has 3 aromatic rings. The van der Waals surface area contributed by atoms with E-state index in [1.807, 2.05) is 0 Å². The SMILES string of the molecule is C[C@H]1O[C@H](OC[C@@H]2O[C@@H](Oc3c(-c4cccc(O)c4)oc4cc(O)cc(O)c4c3=O)[C@H](O)[C@@H](O)[C@@H]2O)[C@H](O)[C@H](O)[C@H]1O. The maximum Gasteiger partial charge on any atom is 0.239 e. The average Bonchev–Trinajstić information content (AvgIpc) is 2.94. The lowest BCUT2D eigenvalue weighted by Crippen LogP contribution is -2.61. The van der Waals surface area contributed by atoms with Crippen LogP contribution >= 0.6 is 0 Å². The summed E-state index contributed by atoms with van der Waals surface area (Å²) in [6, 6.07) is 7.45. The van der Waals surface area contributed by atoms with Crippen molar-refractivity contribution in [3.8, 4) is 34.3 Å². The summed E-state index contributed by atoms with van der Waals surface area (Å²) in [4.78, 5) is 13.6. The first-order valence-corrected chi connectivity index (χ1v) is 12.9. The second-order valence-corrected chi connectivity index (χ2v) is 10.1. The van der Waals surface area contributed by atoms with Crippen LogP contribution < -0.4 is 10.2 Å². The molecule has 42 heavy (non-hydrogen) atoms. The molecule has 15 heteroatoms. The molecule has 0 radical (unpaired) electrons. The zero-order valence-electron chi connectivity index (χ0n) is 21.9. The smallest absolute Gasteiger partial charge is 0.239 e. The lowest BCUT2D eigenvalue weighted by atomic mass is 9.98. The largest absolute Gasteiger partial charge is 0.508 e. The van der Waals surface area contributed by atoms with Gasteiger partial charge in [0, 0.05) is 17.7 Å². The molecular formula is C27H30O15. The Morgan fingerprint density at radius 2 is 1.48 bits per heavy atom. The van der Waals surface area contributed by atoms with Gasteiger partial charge in [-0.1, -0.05) is 12.1 Å². The monoisotopic (exact) mass is 594 g/mol. The van der Waals surface area contributed by atoms with Crippen molar-refractivity contribution in [2.45, 2.75) is 68.3 Å². The number of phenols is 3.